The molecule has 1 heterocycles. The number of rotatable bonds is 4. The van der Waals surface area contributed by atoms with Gasteiger partial charge in [-0.15, -0.1) is 5.10 Å². The molecule has 1 aromatic carbocycles. The van der Waals surface area contributed by atoms with E-state index in [2.05, 4.69) is 15.0 Å². The molecule has 2 aromatic rings. The van der Waals surface area contributed by atoms with E-state index in [1.807, 2.05) is 24.3 Å². The maximum atomic E-state index is 11.4. The van der Waals surface area contributed by atoms with Crippen molar-refractivity contribution < 1.29 is 14.3 Å². The van der Waals surface area contributed by atoms with Gasteiger partial charge in [-0.1, -0.05) is 24.4 Å². The Morgan fingerprint density at radius 1 is 1.37 bits per heavy atom. The van der Waals surface area contributed by atoms with Crippen LogP contribution in [0.4, 0.5) is 0 Å². The van der Waals surface area contributed by atoms with Gasteiger partial charge in [0.25, 0.3) is 0 Å². The zero-order chi connectivity index (χ0) is 13.8. The van der Waals surface area contributed by atoms with Gasteiger partial charge in [-0.2, -0.15) is 0 Å². The zero-order valence-electron chi connectivity index (χ0n) is 10.5. The van der Waals surface area contributed by atoms with Crippen LogP contribution in [0.2, 0.25) is 0 Å². The molecule has 1 aromatic heterocycles. The van der Waals surface area contributed by atoms with Crippen LogP contribution >= 0.6 is 12.2 Å². The second kappa shape index (κ2) is 5.66. The van der Waals surface area contributed by atoms with Crippen molar-refractivity contribution in [1.29, 1.82) is 0 Å². The molecule has 0 radical (unpaired) electrons. The third kappa shape index (κ3) is 2.82. The maximum absolute atomic E-state index is 11.4. The fraction of sp³-hybridized carbons (Fsp3) is 0.250. The molecule has 1 N–H and O–H groups in total. The molecular weight excluding hydrogens is 266 g/mol. The Hall–Kier alpha value is -2.15. The molecule has 6 nitrogen and oxygen atoms in total. The summed E-state index contributed by atoms with van der Waals surface area (Å²) in [5.74, 6) is 0.238. The number of nitrogens with one attached hydrogen (secondary N) is 1. The Morgan fingerprint density at radius 3 is 2.63 bits per heavy atom. The number of esters is 1. The Kier molecular flexibility index (Phi) is 3.96. The molecule has 100 valence electrons. The van der Waals surface area contributed by atoms with Crippen LogP contribution in [0, 0.1) is 4.64 Å². The average molecular weight is 279 g/mol. The highest BCUT2D eigenvalue weighted by Crippen LogP contribution is 2.12. The smallest absolute Gasteiger partial charge is 0.361 e. The molecule has 19 heavy (non-hydrogen) atoms. The van der Waals surface area contributed by atoms with Crippen molar-refractivity contribution in [1.82, 2.24) is 15.0 Å². The lowest BCUT2D eigenvalue weighted by Crippen LogP contribution is -2.04. The maximum Gasteiger partial charge on any atom is 0.361 e. The van der Waals surface area contributed by atoms with Gasteiger partial charge in [0.2, 0.25) is 5.69 Å². The molecule has 2 rings (SSSR count). The Balaban J connectivity index is 2.21. The predicted molar refractivity (Wildman–Crippen MR) is 70.8 cm³/mol. The van der Waals surface area contributed by atoms with Crippen LogP contribution in [-0.2, 0) is 11.3 Å². The molecule has 0 aliphatic carbocycles. The first-order chi connectivity index (χ1) is 9.15. The van der Waals surface area contributed by atoms with Gasteiger partial charge in [-0.05, 0) is 17.7 Å². The quantitative estimate of drug-likeness (QED) is 0.682. The van der Waals surface area contributed by atoms with Gasteiger partial charge in [0.05, 0.1) is 20.8 Å². The van der Waals surface area contributed by atoms with Crippen molar-refractivity contribution in [2.24, 2.45) is 0 Å². The Bertz CT molecular complexity index is 630. The third-order valence-electron chi connectivity index (χ3n) is 2.61. The van der Waals surface area contributed by atoms with Crippen molar-refractivity contribution in [3.05, 3.63) is 40.2 Å². The number of hydrogen-bond acceptors (Lipinski definition) is 5. The van der Waals surface area contributed by atoms with E-state index >= 15 is 0 Å². The van der Waals surface area contributed by atoms with Gasteiger partial charge in [0, 0.05) is 0 Å². The van der Waals surface area contributed by atoms with Gasteiger partial charge in [-0.25, -0.2) is 10.0 Å². The van der Waals surface area contributed by atoms with E-state index in [-0.39, 0.29) is 5.69 Å². The average Bonchev–Trinajstić information content (AvgIpc) is 2.80. The van der Waals surface area contributed by atoms with Crippen molar-refractivity contribution in [2.75, 3.05) is 14.2 Å². The fourth-order valence-corrected chi connectivity index (χ4v) is 1.82. The van der Waals surface area contributed by atoms with Crippen molar-refractivity contribution in [3.63, 3.8) is 0 Å². The standard InChI is InChI=1S/C12H13N3O3S/c1-17-9-5-3-8(4-6-9)7-15-11(19)10(13-14-15)12(16)18-2/h3-6,14H,7H2,1-2H3. The first kappa shape index (κ1) is 13.3. The molecule has 0 saturated carbocycles. The van der Waals surface area contributed by atoms with Gasteiger partial charge in [-0.3, -0.25) is 4.68 Å². The van der Waals surface area contributed by atoms with Crippen molar-refractivity contribution in [3.8, 4) is 5.75 Å². The molecule has 0 aliphatic rings. The molecule has 0 saturated heterocycles. The van der Waals surface area contributed by atoms with Crippen LogP contribution in [-0.4, -0.2) is 35.2 Å². The molecule has 0 unspecified atom stereocenters. The predicted octanol–water partition coefficient (Wildman–Crippen LogP) is 1.78. The monoisotopic (exact) mass is 279 g/mol. The highest BCUT2D eigenvalue weighted by atomic mass is 32.1. The summed E-state index contributed by atoms with van der Waals surface area (Å²) in [4.78, 5) is 11.4. The summed E-state index contributed by atoms with van der Waals surface area (Å²) in [5.41, 5.74) is 1.13. The minimum atomic E-state index is -0.547. The van der Waals surface area contributed by atoms with Gasteiger partial charge in [0.15, 0.2) is 4.64 Å². The molecule has 0 spiro atoms. The van der Waals surface area contributed by atoms with Gasteiger partial charge in [0.1, 0.15) is 5.75 Å². The van der Waals surface area contributed by atoms with E-state index in [0.717, 1.165) is 11.3 Å². The number of nitrogens with zero attached hydrogens (tertiary/aromatic N) is 2. The number of aromatic amines is 1. The second-order valence-corrected chi connectivity index (χ2v) is 4.18. The zero-order valence-corrected chi connectivity index (χ0v) is 11.4. The van der Waals surface area contributed by atoms with Crippen LogP contribution in [0.15, 0.2) is 24.3 Å². The minimum Gasteiger partial charge on any atom is -0.497 e. The molecular formula is C12H13N3O3S. The van der Waals surface area contributed by atoms with Crippen LogP contribution in [0.1, 0.15) is 16.1 Å². The number of carbonyl (C=O) groups is 1. The topological polar surface area (TPSA) is 69.1 Å². The minimum absolute atomic E-state index is 0.117. The molecule has 0 fully saturated rings. The van der Waals surface area contributed by atoms with Crippen molar-refractivity contribution in [2.45, 2.75) is 6.54 Å². The Labute approximate surface area is 114 Å². The first-order valence-corrected chi connectivity index (χ1v) is 5.93. The van der Waals surface area contributed by atoms with E-state index in [4.69, 9.17) is 17.0 Å². The summed E-state index contributed by atoms with van der Waals surface area (Å²) in [5, 5.41) is 6.55. The van der Waals surface area contributed by atoms with Crippen molar-refractivity contribution >= 4 is 18.2 Å². The molecule has 0 bridgehead atoms. The lowest BCUT2D eigenvalue weighted by atomic mass is 10.2. The van der Waals surface area contributed by atoms with Gasteiger partial charge >= 0.3 is 5.97 Å². The number of ether oxygens (including phenoxy) is 2. The number of benzene rings is 1. The number of H-pyrrole nitrogens is 1. The largest absolute Gasteiger partial charge is 0.497 e. The number of methoxy groups -OCH3 is 2. The second-order valence-electron chi connectivity index (χ2n) is 3.79. The summed E-state index contributed by atoms with van der Waals surface area (Å²) < 4.78 is 11.6. The van der Waals surface area contributed by atoms with E-state index in [1.54, 1.807) is 11.8 Å². The summed E-state index contributed by atoms with van der Waals surface area (Å²) >= 11 is 5.16. The highest BCUT2D eigenvalue weighted by Gasteiger charge is 2.13. The first-order valence-electron chi connectivity index (χ1n) is 5.52. The van der Waals surface area contributed by atoms with E-state index in [1.165, 1.54) is 7.11 Å². The normalized spacial score (nSPS) is 10.2. The van der Waals surface area contributed by atoms with Crippen LogP contribution in [0.5, 0.6) is 5.75 Å². The molecule has 0 aliphatic heterocycles. The van der Waals surface area contributed by atoms with Crippen LogP contribution in [0.3, 0.4) is 0 Å². The van der Waals surface area contributed by atoms with Crippen LogP contribution < -0.4 is 4.74 Å². The Morgan fingerprint density at radius 2 is 2.05 bits per heavy atom. The van der Waals surface area contributed by atoms with E-state index in [0.29, 0.717) is 11.2 Å². The highest BCUT2D eigenvalue weighted by molar-refractivity contribution is 7.71. The third-order valence-corrected chi connectivity index (χ3v) is 3.02. The molecule has 0 atom stereocenters. The SMILES string of the molecule is COC(=O)c1n[nH]n(Cc2ccc(OC)cc2)c1=S. The van der Waals surface area contributed by atoms with Crippen LogP contribution in [0.25, 0.3) is 0 Å². The van der Waals surface area contributed by atoms with E-state index < -0.39 is 5.97 Å². The number of aromatic nitrogens is 3. The lowest BCUT2D eigenvalue weighted by molar-refractivity contribution is 0.0593. The number of hydrogen-bond donors (Lipinski definition) is 1. The summed E-state index contributed by atoms with van der Waals surface area (Å²) in [6, 6.07) is 7.55. The summed E-state index contributed by atoms with van der Waals surface area (Å²) in [6.45, 7) is 0.493. The lowest BCUT2D eigenvalue weighted by Gasteiger charge is -2.04. The van der Waals surface area contributed by atoms with E-state index in [9.17, 15) is 4.79 Å². The number of carbonyl (C=O) groups excluding carboxylic acids is 1. The molecule has 7 heteroatoms. The fourth-order valence-electron chi connectivity index (χ4n) is 1.58. The molecule has 0 amide bonds. The van der Waals surface area contributed by atoms with Gasteiger partial charge < -0.3 is 9.47 Å². The summed E-state index contributed by atoms with van der Waals surface area (Å²) in [7, 11) is 2.90. The summed E-state index contributed by atoms with van der Waals surface area (Å²) in [6.07, 6.45) is 0.